The summed E-state index contributed by atoms with van der Waals surface area (Å²) >= 11 is 1.44. The summed E-state index contributed by atoms with van der Waals surface area (Å²) in [4.78, 5) is 35.8. The number of hydrogen-bond donors (Lipinski definition) is 0. The number of amides is 1. The summed E-state index contributed by atoms with van der Waals surface area (Å²) in [5, 5.41) is 0.666. The summed E-state index contributed by atoms with van der Waals surface area (Å²) in [6.45, 7) is 0.776. The van der Waals surface area contributed by atoms with E-state index in [0.717, 1.165) is 5.56 Å². The lowest BCUT2D eigenvalue weighted by Gasteiger charge is -2.29. The molecule has 1 atom stereocenters. The number of aromatic nitrogens is 3. The molecule has 1 aliphatic heterocycles. The second-order valence-electron chi connectivity index (χ2n) is 6.28. The van der Waals surface area contributed by atoms with E-state index in [1.807, 2.05) is 48.5 Å². The largest absolute Gasteiger partial charge is 0.292 e. The summed E-state index contributed by atoms with van der Waals surface area (Å²) in [5.74, 6) is 0.857. The first kappa shape index (κ1) is 17.5. The predicted octanol–water partition coefficient (Wildman–Crippen LogP) is 2.59. The Kier molecular flexibility index (Phi) is 5.02. The van der Waals surface area contributed by atoms with E-state index in [2.05, 4.69) is 9.97 Å². The molecule has 1 amide bonds. The average Bonchev–Trinajstić information content (AvgIpc) is 2.73. The molecule has 0 saturated heterocycles. The van der Waals surface area contributed by atoms with Gasteiger partial charge in [0.25, 0.3) is 5.56 Å². The van der Waals surface area contributed by atoms with Gasteiger partial charge in [0.2, 0.25) is 5.91 Å². The van der Waals surface area contributed by atoms with E-state index in [1.165, 1.54) is 24.0 Å². The maximum absolute atomic E-state index is 13.4. The van der Waals surface area contributed by atoms with Gasteiger partial charge in [0.05, 0.1) is 12.5 Å². The van der Waals surface area contributed by atoms with Crippen LogP contribution >= 0.6 is 11.8 Å². The van der Waals surface area contributed by atoms with E-state index < -0.39 is 0 Å². The molecule has 0 bridgehead atoms. The third-order valence-corrected chi connectivity index (χ3v) is 5.59. The molecule has 0 saturated carbocycles. The fourth-order valence-corrected chi connectivity index (χ4v) is 4.13. The maximum Gasteiger partial charge on any atom is 0.254 e. The van der Waals surface area contributed by atoms with Crippen molar-refractivity contribution in [3.63, 3.8) is 0 Å². The number of carbonyl (C=O) groups is 1. The van der Waals surface area contributed by atoms with Crippen LogP contribution in [0.25, 0.3) is 0 Å². The summed E-state index contributed by atoms with van der Waals surface area (Å²) < 4.78 is 1.58. The van der Waals surface area contributed by atoms with Crippen LogP contribution in [0.4, 0.5) is 5.82 Å². The van der Waals surface area contributed by atoms with Crippen LogP contribution in [0.1, 0.15) is 5.56 Å². The number of carbonyl (C=O) groups excluding carboxylic acids is 1. The monoisotopic (exact) mass is 378 g/mol. The van der Waals surface area contributed by atoms with E-state index in [0.29, 0.717) is 29.8 Å². The van der Waals surface area contributed by atoms with Gasteiger partial charge in [-0.3, -0.25) is 19.1 Å². The van der Waals surface area contributed by atoms with Crippen molar-refractivity contribution >= 4 is 23.5 Å². The van der Waals surface area contributed by atoms with Crippen LogP contribution in [0.15, 0.2) is 76.9 Å². The molecule has 4 rings (SSSR count). The molecule has 27 heavy (non-hydrogen) atoms. The van der Waals surface area contributed by atoms with Crippen LogP contribution in [0, 0.1) is 5.92 Å². The van der Waals surface area contributed by atoms with Gasteiger partial charge in [0, 0.05) is 30.8 Å². The standard InChI is InChI=1S/C20H18N4O2S/c25-18-9-11-22-20-24(18)13-16(14-27-20)19(26)23(17-8-4-5-10-21-17)12-15-6-2-1-3-7-15/h1-11,16H,12-14H2. The minimum atomic E-state index is -0.310. The SMILES string of the molecule is O=C(C1CSc2nccc(=O)n2C1)N(Cc1ccccc1)c1ccccn1. The van der Waals surface area contributed by atoms with Gasteiger partial charge < -0.3 is 0 Å². The second-order valence-corrected chi connectivity index (χ2v) is 7.27. The zero-order chi connectivity index (χ0) is 18.6. The fourth-order valence-electron chi connectivity index (χ4n) is 3.07. The fraction of sp³-hybridized carbons (Fsp3) is 0.200. The Labute approximate surface area is 160 Å². The van der Waals surface area contributed by atoms with Crippen molar-refractivity contribution in [1.82, 2.24) is 14.5 Å². The quantitative estimate of drug-likeness (QED) is 0.653. The van der Waals surface area contributed by atoms with Crippen molar-refractivity contribution in [2.45, 2.75) is 18.2 Å². The van der Waals surface area contributed by atoms with Gasteiger partial charge in [-0.1, -0.05) is 48.2 Å². The van der Waals surface area contributed by atoms with Crippen molar-refractivity contribution in [2.24, 2.45) is 5.92 Å². The Morgan fingerprint density at radius 1 is 1.07 bits per heavy atom. The summed E-state index contributed by atoms with van der Waals surface area (Å²) in [7, 11) is 0. The first-order valence-electron chi connectivity index (χ1n) is 8.67. The topological polar surface area (TPSA) is 68.1 Å². The Morgan fingerprint density at radius 2 is 1.89 bits per heavy atom. The summed E-state index contributed by atoms with van der Waals surface area (Å²) in [6.07, 6.45) is 3.19. The van der Waals surface area contributed by atoms with E-state index >= 15 is 0 Å². The molecule has 0 spiro atoms. The molecule has 0 radical (unpaired) electrons. The van der Waals surface area contributed by atoms with Gasteiger partial charge in [-0.2, -0.15) is 0 Å². The predicted molar refractivity (Wildman–Crippen MR) is 105 cm³/mol. The van der Waals surface area contributed by atoms with Crippen LogP contribution in [0.3, 0.4) is 0 Å². The molecular formula is C20H18N4O2S. The number of fused-ring (bicyclic) bond motifs is 1. The van der Waals surface area contributed by atoms with Crippen molar-refractivity contribution in [1.29, 1.82) is 0 Å². The van der Waals surface area contributed by atoms with Crippen LogP contribution in [-0.4, -0.2) is 26.2 Å². The number of thioether (sulfide) groups is 1. The average molecular weight is 378 g/mol. The smallest absolute Gasteiger partial charge is 0.254 e. The van der Waals surface area contributed by atoms with Crippen LogP contribution in [-0.2, 0) is 17.9 Å². The van der Waals surface area contributed by atoms with E-state index in [-0.39, 0.29) is 17.4 Å². The minimum Gasteiger partial charge on any atom is -0.292 e. The Bertz CT molecular complexity index is 992. The lowest BCUT2D eigenvalue weighted by atomic mass is 10.1. The first-order chi connectivity index (χ1) is 13.2. The van der Waals surface area contributed by atoms with E-state index in [4.69, 9.17) is 0 Å². The number of pyridine rings is 1. The molecule has 0 aliphatic carbocycles. The minimum absolute atomic E-state index is 0.0357. The van der Waals surface area contributed by atoms with Gasteiger partial charge in [0.15, 0.2) is 5.16 Å². The molecule has 1 aromatic carbocycles. The van der Waals surface area contributed by atoms with Crippen molar-refractivity contribution in [3.05, 3.63) is 82.9 Å². The molecule has 3 aromatic rings. The Balaban J connectivity index is 1.63. The Morgan fingerprint density at radius 3 is 2.67 bits per heavy atom. The highest BCUT2D eigenvalue weighted by atomic mass is 32.2. The van der Waals surface area contributed by atoms with Crippen molar-refractivity contribution in [3.8, 4) is 0 Å². The lowest BCUT2D eigenvalue weighted by molar-refractivity contribution is -0.122. The number of rotatable bonds is 4. The molecule has 1 aliphatic rings. The molecular weight excluding hydrogens is 360 g/mol. The van der Waals surface area contributed by atoms with Crippen molar-refractivity contribution < 1.29 is 4.79 Å². The highest BCUT2D eigenvalue weighted by Crippen LogP contribution is 2.27. The number of hydrogen-bond acceptors (Lipinski definition) is 5. The normalized spacial score (nSPS) is 15.8. The van der Waals surface area contributed by atoms with Gasteiger partial charge in [-0.15, -0.1) is 0 Å². The van der Waals surface area contributed by atoms with E-state index in [1.54, 1.807) is 15.7 Å². The van der Waals surface area contributed by atoms with E-state index in [9.17, 15) is 9.59 Å². The van der Waals surface area contributed by atoms with Crippen molar-refractivity contribution in [2.75, 3.05) is 10.7 Å². The maximum atomic E-state index is 13.4. The molecule has 3 heterocycles. The Hall–Kier alpha value is -2.93. The van der Waals surface area contributed by atoms with Crippen LogP contribution in [0.5, 0.6) is 0 Å². The highest BCUT2D eigenvalue weighted by molar-refractivity contribution is 7.99. The molecule has 7 heteroatoms. The molecule has 6 nitrogen and oxygen atoms in total. The lowest BCUT2D eigenvalue weighted by Crippen LogP contribution is -2.42. The van der Waals surface area contributed by atoms with Gasteiger partial charge in [0.1, 0.15) is 5.82 Å². The second kappa shape index (κ2) is 7.75. The molecule has 2 aromatic heterocycles. The molecule has 0 N–H and O–H groups in total. The first-order valence-corrected chi connectivity index (χ1v) is 9.66. The molecule has 1 unspecified atom stereocenters. The third kappa shape index (κ3) is 3.78. The highest BCUT2D eigenvalue weighted by Gasteiger charge is 2.31. The zero-order valence-corrected chi connectivity index (χ0v) is 15.4. The number of anilines is 1. The van der Waals surface area contributed by atoms with Crippen LogP contribution < -0.4 is 10.5 Å². The van der Waals surface area contributed by atoms with Gasteiger partial charge in [-0.25, -0.2) is 9.97 Å². The molecule has 136 valence electrons. The zero-order valence-electron chi connectivity index (χ0n) is 14.6. The van der Waals surface area contributed by atoms with Crippen LogP contribution in [0.2, 0.25) is 0 Å². The third-order valence-electron chi connectivity index (χ3n) is 4.44. The molecule has 0 fully saturated rings. The summed E-state index contributed by atoms with van der Waals surface area (Å²) in [5.41, 5.74) is 0.900. The van der Waals surface area contributed by atoms with Gasteiger partial charge >= 0.3 is 0 Å². The van der Waals surface area contributed by atoms with Gasteiger partial charge in [-0.05, 0) is 17.7 Å². The number of nitrogens with zero attached hydrogens (tertiary/aromatic N) is 4. The number of benzene rings is 1. The summed E-state index contributed by atoms with van der Waals surface area (Å²) in [6, 6.07) is 16.8.